The van der Waals surface area contributed by atoms with Crippen LogP contribution in [-0.4, -0.2) is 25.1 Å². The van der Waals surface area contributed by atoms with Crippen molar-refractivity contribution in [3.8, 4) is 23.0 Å². The fourth-order valence-electron chi connectivity index (χ4n) is 3.58. The first-order valence-corrected chi connectivity index (χ1v) is 9.19. The Hall–Kier alpha value is -3.32. The maximum atomic E-state index is 6.13. The minimum atomic E-state index is -0.0507. The maximum Gasteiger partial charge on any atom is 0.280 e. The summed E-state index contributed by atoms with van der Waals surface area (Å²) in [6, 6.07) is 16.1. The van der Waals surface area contributed by atoms with Gasteiger partial charge < -0.3 is 9.26 Å². The first-order chi connectivity index (χ1) is 13.7. The van der Waals surface area contributed by atoms with Crippen molar-refractivity contribution in [2.45, 2.75) is 33.1 Å². The molecule has 0 N–H and O–H groups in total. The smallest absolute Gasteiger partial charge is 0.280 e. The van der Waals surface area contributed by atoms with E-state index >= 15 is 0 Å². The Morgan fingerprint density at radius 3 is 2.75 bits per heavy atom. The van der Waals surface area contributed by atoms with Crippen molar-refractivity contribution in [2.24, 2.45) is 0 Å². The van der Waals surface area contributed by atoms with Gasteiger partial charge in [0.15, 0.2) is 5.69 Å². The Morgan fingerprint density at radius 2 is 1.93 bits per heavy atom. The standard InChI is InChI=1S/C21H19N5O2/c1-13-8-9-16(14(2)10-13)18-11-26-17(12-27-18)19(23-25-26)21-22-20(24-28-21)15-6-4-3-5-7-15/h3-10,18H,11-12H2,1-2H3. The molecule has 4 aromatic rings. The van der Waals surface area contributed by atoms with Gasteiger partial charge in [-0.2, -0.15) is 4.98 Å². The van der Waals surface area contributed by atoms with Crippen LogP contribution in [0.5, 0.6) is 0 Å². The van der Waals surface area contributed by atoms with Gasteiger partial charge >= 0.3 is 0 Å². The molecular weight excluding hydrogens is 354 g/mol. The summed E-state index contributed by atoms with van der Waals surface area (Å²) in [5.74, 6) is 0.885. The highest BCUT2D eigenvalue weighted by Crippen LogP contribution is 2.32. The highest BCUT2D eigenvalue weighted by Gasteiger charge is 2.28. The molecule has 0 fully saturated rings. The molecule has 1 unspecified atom stereocenters. The number of nitrogens with zero attached hydrogens (tertiary/aromatic N) is 5. The van der Waals surface area contributed by atoms with E-state index in [1.165, 1.54) is 16.7 Å². The van der Waals surface area contributed by atoms with Gasteiger partial charge in [-0.15, -0.1) is 5.10 Å². The molecule has 28 heavy (non-hydrogen) atoms. The van der Waals surface area contributed by atoms with Crippen molar-refractivity contribution in [1.29, 1.82) is 0 Å². The van der Waals surface area contributed by atoms with Crippen LogP contribution in [0.15, 0.2) is 53.1 Å². The summed E-state index contributed by atoms with van der Waals surface area (Å²) in [4.78, 5) is 4.48. The normalized spacial score (nSPS) is 16.1. The minimum absolute atomic E-state index is 0.0507. The first-order valence-electron chi connectivity index (χ1n) is 9.19. The number of fused-ring (bicyclic) bond motifs is 1. The van der Waals surface area contributed by atoms with Crippen LogP contribution in [0.3, 0.4) is 0 Å². The van der Waals surface area contributed by atoms with Crippen LogP contribution in [0, 0.1) is 13.8 Å². The Morgan fingerprint density at radius 1 is 1.07 bits per heavy atom. The second-order valence-corrected chi connectivity index (χ2v) is 7.02. The van der Waals surface area contributed by atoms with Gasteiger partial charge in [-0.3, -0.25) is 0 Å². The average molecular weight is 373 g/mol. The van der Waals surface area contributed by atoms with Gasteiger partial charge in [0.05, 0.1) is 18.8 Å². The zero-order chi connectivity index (χ0) is 19.1. The van der Waals surface area contributed by atoms with Crippen LogP contribution in [0.4, 0.5) is 0 Å². The van der Waals surface area contributed by atoms with Crippen molar-refractivity contribution in [3.05, 3.63) is 70.9 Å². The number of aromatic nitrogens is 5. The van der Waals surface area contributed by atoms with E-state index in [0.29, 0.717) is 30.6 Å². The molecule has 1 atom stereocenters. The van der Waals surface area contributed by atoms with Crippen LogP contribution < -0.4 is 0 Å². The summed E-state index contributed by atoms with van der Waals surface area (Å²) in [7, 11) is 0. The number of rotatable bonds is 3. The second-order valence-electron chi connectivity index (χ2n) is 7.02. The Labute approximate surface area is 162 Å². The van der Waals surface area contributed by atoms with Gasteiger partial charge in [0.25, 0.3) is 5.89 Å². The summed E-state index contributed by atoms with van der Waals surface area (Å²) in [6.45, 7) is 5.20. The van der Waals surface area contributed by atoms with E-state index in [1.807, 2.05) is 35.0 Å². The third-order valence-electron chi connectivity index (χ3n) is 5.03. The lowest BCUT2D eigenvalue weighted by molar-refractivity contribution is -0.00153. The van der Waals surface area contributed by atoms with Gasteiger partial charge in [0.2, 0.25) is 5.82 Å². The van der Waals surface area contributed by atoms with Gasteiger partial charge in [-0.05, 0) is 25.0 Å². The average Bonchev–Trinajstić information content (AvgIpc) is 3.35. The van der Waals surface area contributed by atoms with E-state index < -0.39 is 0 Å². The minimum Gasteiger partial charge on any atom is -0.365 e. The maximum absolute atomic E-state index is 6.13. The molecule has 1 aliphatic rings. The molecule has 2 aromatic heterocycles. The third-order valence-corrected chi connectivity index (χ3v) is 5.03. The Kier molecular flexibility index (Phi) is 4.02. The van der Waals surface area contributed by atoms with E-state index in [1.54, 1.807) is 0 Å². The van der Waals surface area contributed by atoms with Gasteiger partial charge in [0, 0.05) is 5.56 Å². The van der Waals surface area contributed by atoms with Crippen LogP contribution in [-0.2, 0) is 17.9 Å². The molecule has 3 heterocycles. The number of benzene rings is 2. The quantitative estimate of drug-likeness (QED) is 0.542. The molecule has 0 saturated carbocycles. The van der Waals surface area contributed by atoms with E-state index in [0.717, 1.165) is 11.3 Å². The van der Waals surface area contributed by atoms with E-state index in [9.17, 15) is 0 Å². The summed E-state index contributed by atoms with van der Waals surface area (Å²) >= 11 is 0. The molecule has 0 spiro atoms. The Balaban J connectivity index is 1.43. The lowest BCUT2D eigenvalue weighted by atomic mass is 10.0. The molecule has 0 aliphatic carbocycles. The summed E-state index contributed by atoms with van der Waals surface area (Å²) < 4.78 is 13.4. The molecule has 5 rings (SSSR count). The van der Waals surface area contributed by atoms with Gasteiger partial charge in [0.1, 0.15) is 6.10 Å². The number of ether oxygens (including phenoxy) is 1. The number of hydrogen-bond donors (Lipinski definition) is 0. The van der Waals surface area contributed by atoms with Crippen molar-refractivity contribution in [2.75, 3.05) is 0 Å². The monoisotopic (exact) mass is 373 g/mol. The molecule has 1 aliphatic heterocycles. The predicted molar refractivity (Wildman–Crippen MR) is 102 cm³/mol. The molecule has 2 aromatic carbocycles. The SMILES string of the molecule is Cc1ccc(C2Cn3nnc(-c4nc(-c5ccccc5)no4)c3CO2)c(C)c1. The largest absolute Gasteiger partial charge is 0.365 e. The molecule has 140 valence electrons. The zero-order valence-electron chi connectivity index (χ0n) is 15.7. The first kappa shape index (κ1) is 16.8. The summed E-state index contributed by atoms with van der Waals surface area (Å²) in [6.07, 6.45) is -0.0507. The van der Waals surface area contributed by atoms with Crippen molar-refractivity contribution in [1.82, 2.24) is 25.1 Å². The second kappa shape index (κ2) is 6.69. The lowest BCUT2D eigenvalue weighted by Gasteiger charge is -2.25. The number of hydrogen-bond acceptors (Lipinski definition) is 6. The van der Waals surface area contributed by atoms with E-state index in [2.05, 4.69) is 52.5 Å². The van der Waals surface area contributed by atoms with Crippen LogP contribution in [0.25, 0.3) is 23.0 Å². The van der Waals surface area contributed by atoms with Crippen LogP contribution >= 0.6 is 0 Å². The van der Waals surface area contributed by atoms with Crippen molar-refractivity contribution >= 4 is 0 Å². The highest BCUT2D eigenvalue weighted by atomic mass is 16.5. The molecule has 0 amide bonds. The highest BCUT2D eigenvalue weighted by molar-refractivity contribution is 5.58. The van der Waals surface area contributed by atoms with Crippen LogP contribution in [0.2, 0.25) is 0 Å². The summed E-state index contributed by atoms with van der Waals surface area (Å²) in [5.41, 5.74) is 5.96. The molecule has 0 radical (unpaired) electrons. The fourth-order valence-corrected chi connectivity index (χ4v) is 3.58. The molecule has 7 heteroatoms. The Bertz CT molecular complexity index is 1130. The number of aryl methyl sites for hydroxylation is 2. The van der Waals surface area contributed by atoms with Crippen LogP contribution in [0.1, 0.15) is 28.5 Å². The predicted octanol–water partition coefficient (Wildman–Crippen LogP) is 3.88. The van der Waals surface area contributed by atoms with Gasteiger partial charge in [-0.25, -0.2) is 4.68 Å². The lowest BCUT2D eigenvalue weighted by Crippen LogP contribution is -2.22. The topological polar surface area (TPSA) is 78.9 Å². The van der Waals surface area contributed by atoms with Gasteiger partial charge in [-0.1, -0.05) is 64.5 Å². The summed E-state index contributed by atoms with van der Waals surface area (Å²) in [5, 5.41) is 12.6. The van der Waals surface area contributed by atoms with E-state index in [-0.39, 0.29) is 6.10 Å². The molecule has 7 nitrogen and oxygen atoms in total. The van der Waals surface area contributed by atoms with Crippen molar-refractivity contribution in [3.63, 3.8) is 0 Å². The molecule has 0 bridgehead atoms. The molecule has 0 saturated heterocycles. The fraction of sp³-hybridized carbons (Fsp3) is 0.238. The van der Waals surface area contributed by atoms with Crippen molar-refractivity contribution < 1.29 is 9.26 Å². The third kappa shape index (κ3) is 2.90. The zero-order valence-corrected chi connectivity index (χ0v) is 15.7. The van der Waals surface area contributed by atoms with E-state index in [4.69, 9.17) is 9.26 Å². The molecular formula is C21H19N5O2.